The number of ether oxygens (including phenoxy) is 3. The van der Waals surface area contributed by atoms with Gasteiger partial charge in [-0.25, -0.2) is 4.79 Å². The standard InChI is InChI=1S/C84H106N6O11/c1-57(2)20-18-21-58(3)72-40-41-73-71-39-31-64-55-70(45-47-83(64,4)74(71)46-48-84(72,73)5)100-51-19-49-85-77(91)43-44-78(92)86-66(53-59-22-10-7-11-23-59)56-79(93)88-75(81(94)87-65-32-29-60(30-33-65)52-63-54-68(90(97)98)36-42-76(63)101-82(95)96)28-16-17-50-89(67-34-37-69(99-6)38-35-67)80(61-24-12-8-13-25-61)62-26-14-9-15-27-62/h7-15,22-27,29-38,42,54,57-58,66,70-75,80H,16-21,28,39-41,43-53,55-56H2,1-6H3,(H,85,91)(H,86,92)(H,87,94)(H,88,93)(H,95,96)/t58-,66+,70+,71+,72-,73+,74+,75+,83+,84-/m1/s1. The van der Waals surface area contributed by atoms with Crippen LogP contribution in [-0.2, 0) is 36.8 Å². The average molecular weight is 1380 g/mol. The van der Waals surface area contributed by atoms with E-state index in [1.54, 1.807) is 36.9 Å². The fourth-order valence-electron chi connectivity index (χ4n) is 17.6. The van der Waals surface area contributed by atoms with Gasteiger partial charge in [0.15, 0.2) is 0 Å². The van der Waals surface area contributed by atoms with Crippen LogP contribution in [-0.4, -0.2) is 84.8 Å². The van der Waals surface area contributed by atoms with E-state index in [2.05, 4.69) is 91.1 Å². The van der Waals surface area contributed by atoms with Crippen molar-refractivity contribution in [3.63, 3.8) is 0 Å². The number of carbonyl (C=O) groups is 5. The highest BCUT2D eigenvalue weighted by Crippen LogP contribution is 2.67. The van der Waals surface area contributed by atoms with Crippen molar-refractivity contribution >= 4 is 46.8 Å². The van der Waals surface area contributed by atoms with Crippen LogP contribution in [0.2, 0.25) is 0 Å². The van der Waals surface area contributed by atoms with Gasteiger partial charge in [-0.1, -0.05) is 169 Å². The monoisotopic (exact) mass is 1370 g/mol. The molecule has 10 atom stereocenters. The Labute approximate surface area is 597 Å². The number of hydrogen-bond acceptors (Lipinski definition) is 11. The van der Waals surface area contributed by atoms with Crippen molar-refractivity contribution in [2.75, 3.05) is 37.0 Å². The first-order valence-corrected chi connectivity index (χ1v) is 37.1. The summed E-state index contributed by atoms with van der Waals surface area (Å²) in [6.45, 7) is 14.1. The number of nitrogens with zero attached hydrogens (tertiary/aromatic N) is 2. The molecule has 6 aromatic rings. The van der Waals surface area contributed by atoms with Crippen molar-refractivity contribution in [3.8, 4) is 11.5 Å². The van der Waals surface area contributed by atoms with Crippen molar-refractivity contribution < 1.29 is 48.2 Å². The summed E-state index contributed by atoms with van der Waals surface area (Å²) in [6.07, 6.45) is 17.5. The molecule has 10 rings (SSSR count). The van der Waals surface area contributed by atoms with Crippen molar-refractivity contribution in [1.82, 2.24) is 16.0 Å². The molecule has 0 unspecified atom stereocenters. The number of nitrogens with one attached hydrogen (secondary N) is 4. The van der Waals surface area contributed by atoms with Crippen molar-refractivity contribution in [2.45, 2.75) is 187 Å². The quantitative estimate of drug-likeness (QED) is 0.00625. The molecule has 0 bridgehead atoms. The Morgan fingerprint density at radius 3 is 2.07 bits per heavy atom. The number of amides is 4. The lowest BCUT2D eigenvalue weighted by molar-refractivity contribution is -0.384. The van der Waals surface area contributed by atoms with Crippen molar-refractivity contribution in [2.24, 2.45) is 46.3 Å². The summed E-state index contributed by atoms with van der Waals surface area (Å²) in [7, 11) is 1.64. The smallest absolute Gasteiger partial charge is 0.497 e. The van der Waals surface area contributed by atoms with Crippen LogP contribution in [0.5, 0.6) is 11.5 Å². The average Bonchev–Trinajstić information content (AvgIpc) is 1.69. The Morgan fingerprint density at radius 1 is 0.703 bits per heavy atom. The number of methoxy groups -OCH3 is 1. The third kappa shape index (κ3) is 20.0. The van der Waals surface area contributed by atoms with E-state index in [4.69, 9.17) is 14.2 Å². The predicted molar refractivity (Wildman–Crippen MR) is 397 cm³/mol. The van der Waals surface area contributed by atoms with Crippen LogP contribution in [0.15, 0.2) is 169 Å². The first kappa shape index (κ1) is 74.8. The Morgan fingerprint density at radius 2 is 1.40 bits per heavy atom. The van der Waals surface area contributed by atoms with E-state index in [0.717, 1.165) is 76.5 Å². The summed E-state index contributed by atoms with van der Waals surface area (Å²) in [5.41, 5.74) is 7.50. The third-order valence-electron chi connectivity index (χ3n) is 22.8. The van der Waals surface area contributed by atoms with Gasteiger partial charge in [-0.05, 0) is 195 Å². The Bertz CT molecular complexity index is 3700. The van der Waals surface area contributed by atoms with Crippen LogP contribution in [0.4, 0.5) is 21.9 Å². The van der Waals surface area contributed by atoms with Gasteiger partial charge in [-0.2, -0.15) is 0 Å². The van der Waals surface area contributed by atoms with Crippen LogP contribution >= 0.6 is 0 Å². The molecule has 101 heavy (non-hydrogen) atoms. The molecule has 4 amide bonds. The van der Waals surface area contributed by atoms with Crippen molar-refractivity contribution in [3.05, 3.63) is 207 Å². The molecule has 17 heteroatoms. The summed E-state index contributed by atoms with van der Waals surface area (Å²) in [6, 6.07) is 46.6. The summed E-state index contributed by atoms with van der Waals surface area (Å²) in [5.74, 6) is 3.97. The molecule has 4 aliphatic rings. The molecule has 0 aliphatic heterocycles. The van der Waals surface area contributed by atoms with Gasteiger partial charge in [0.05, 0.1) is 24.2 Å². The summed E-state index contributed by atoms with van der Waals surface area (Å²) in [5, 5.41) is 33.1. The predicted octanol–water partition coefficient (Wildman–Crippen LogP) is 17.0. The van der Waals surface area contributed by atoms with Crippen LogP contribution < -0.4 is 35.6 Å². The summed E-state index contributed by atoms with van der Waals surface area (Å²) >= 11 is 0. The fraction of sp³-hybridized carbons (Fsp3) is 0.488. The maximum Gasteiger partial charge on any atom is 0.511 e. The fourth-order valence-corrected chi connectivity index (χ4v) is 17.6. The highest BCUT2D eigenvalue weighted by atomic mass is 16.7. The first-order valence-electron chi connectivity index (χ1n) is 37.1. The molecule has 6 aromatic carbocycles. The van der Waals surface area contributed by atoms with Gasteiger partial charge in [-0.15, -0.1) is 0 Å². The van der Waals surface area contributed by atoms with Crippen LogP contribution in [0.1, 0.15) is 184 Å². The lowest BCUT2D eigenvalue weighted by atomic mass is 9.47. The normalized spacial score (nSPS) is 21.5. The SMILES string of the molecule is COc1ccc(N(CCCC[C@H](NC(=O)C[C@H](Cc2ccccc2)NC(=O)CCC(=O)NCCCO[C@H]2CC[C@@]3(C)C(=CC[C@H]4[C@@H]5CC[C@H]([C@H](C)CCCC(C)C)[C@@]5(C)CC[C@@H]43)C2)C(=O)Nc2ccc(Cc3cc([N+](=O)[O-])ccc3OC(=O)O)cc2)C(c2ccccc2)c2ccccc2)cc1. The number of allylic oxidation sites excluding steroid dienone is 1. The number of benzene rings is 6. The molecular formula is C84H106N6O11. The first-order chi connectivity index (χ1) is 48.8. The number of carbonyl (C=O) groups excluding carboxylic acids is 4. The highest BCUT2D eigenvalue weighted by molar-refractivity contribution is 5.97. The number of nitro benzene ring substituents is 1. The zero-order valence-corrected chi connectivity index (χ0v) is 60.0. The van der Waals surface area contributed by atoms with Gasteiger partial charge in [-0.3, -0.25) is 29.3 Å². The Balaban J connectivity index is 0.744. The maximum atomic E-state index is 14.6. The lowest BCUT2D eigenvalue weighted by Crippen LogP contribution is -2.51. The minimum atomic E-state index is -1.56. The zero-order valence-electron chi connectivity index (χ0n) is 60.0. The molecule has 5 N–H and O–H groups in total. The van der Waals surface area contributed by atoms with Crippen molar-refractivity contribution in [1.29, 1.82) is 0 Å². The van der Waals surface area contributed by atoms with Gasteiger partial charge in [0.25, 0.3) is 5.69 Å². The molecule has 3 saturated carbocycles. The van der Waals surface area contributed by atoms with Crippen LogP contribution in [0.25, 0.3) is 0 Å². The van der Waals surface area contributed by atoms with E-state index in [-0.39, 0.29) is 78.5 Å². The van der Waals surface area contributed by atoms with E-state index in [9.17, 15) is 39.2 Å². The largest absolute Gasteiger partial charge is 0.511 e. The van der Waals surface area contributed by atoms with Gasteiger partial charge < -0.3 is 45.5 Å². The van der Waals surface area contributed by atoms with E-state index in [0.29, 0.717) is 62.0 Å². The number of carboxylic acid groups (broad SMARTS) is 1. The van der Waals surface area contributed by atoms with Gasteiger partial charge in [0.2, 0.25) is 23.6 Å². The van der Waals surface area contributed by atoms with Crippen LogP contribution in [0, 0.1) is 56.5 Å². The number of unbranched alkanes of at least 4 members (excludes halogenated alkanes) is 1. The molecule has 538 valence electrons. The third-order valence-corrected chi connectivity index (χ3v) is 22.8. The van der Waals surface area contributed by atoms with Gasteiger partial charge in [0, 0.05) is 80.5 Å². The zero-order chi connectivity index (χ0) is 71.5. The molecule has 17 nitrogen and oxygen atoms in total. The molecule has 0 radical (unpaired) electrons. The van der Waals surface area contributed by atoms with Gasteiger partial charge >= 0.3 is 6.16 Å². The molecule has 0 saturated heterocycles. The second-order valence-electron chi connectivity index (χ2n) is 29.9. The van der Waals surface area contributed by atoms with Gasteiger partial charge in [0.1, 0.15) is 17.5 Å². The molecule has 0 heterocycles. The lowest BCUT2D eigenvalue weighted by Gasteiger charge is -2.58. The molecule has 4 aliphatic carbocycles. The molecule has 3 fully saturated rings. The molecular weight excluding hydrogens is 1270 g/mol. The highest BCUT2D eigenvalue weighted by Gasteiger charge is 2.59. The number of non-ortho nitro benzene ring substituents is 1. The van der Waals surface area contributed by atoms with E-state index < -0.39 is 35.0 Å². The Hall–Kier alpha value is -8.83. The maximum absolute atomic E-state index is 14.6. The second-order valence-corrected chi connectivity index (χ2v) is 29.9. The summed E-state index contributed by atoms with van der Waals surface area (Å²) in [4.78, 5) is 81.1. The minimum Gasteiger partial charge on any atom is -0.497 e. The molecule has 0 aromatic heterocycles. The topological polar surface area (TPSA) is 228 Å². The summed E-state index contributed by atoms with van der Waals surface area (Å²) < 4.78 is 17.0. The minimum absolute atomic E-state index is 0.0298. The number of fused-ring (bicyclic) bond motifs is 5. The number of nitro groups is 1. The number of rotatable bonds is 35. The van der Waals surface area contributed by atoms with E-state index >= 15 is 0 Å². The Kier molecular flexibility index (Phi) is 26.4. The van der Waals surface area contributed by atoms with Crippen LogP contribution in [0.3, 0.4) is 0 Å². The number of anilines is 2. The second kappa shape index (κ2) is 35.7. The number of hydrogen-bond donors (Lipinski definition) is 5. The van der Waals surface area contributed by atoms with E-state index in [1.165, 1.54) is 76.0 Å². The van der Waals surface area contributed by atoms with E-state index in [1.807, 2.05) is 91.0 Å². The molecule has 0 spiro atoms.